The molecule has 1 aromatic carbocycles. The minimum Gasteiger partial charge on any atom is -0.484 e. The van der Waals surface area contributed by atoms with Gasteiger partial charge in [-0.05, 0) is 78.3 Å². The number of nitrogens with one attached hydrogen (secondary N) is 1. The van der Waals surface area contributed by atoms with Crippen molar-refractivity contribution in [2.75, 3.05) is 11.9 Å². The average molecular weight is 431 g/mol. The van der Waals surface area contributed by atoms with Crippen LogP contribution in [0.3, 0.4) is 0 Å². The standard InChI is InChI=1S/C16H16ClIN2O2/c1-9-5-13(6-10(2)15(9)17)22-8-14(21)20-16-11(3)4-12(18)7-19-16/h4-7H,8H2,1-3H3,(H,19,20,21). The normalized spacial score (nSPS) is 10.4. The third kappa shape index (κ3) is 4.33. The Morgan fingerprint density at radius 2 is 1.86 bits per heavy atom. The molecule has 0 atom stereocenters. The van der Waals surface area contributed by atoms with Crippen LogP contribution in [0.5, 0.6) is 5.75 Å². The van der Waals surface area contributed by atoms with E-state index in [0.717, 1.165) is 25.3 Å². The fourth-order valence-electron chi connectivity index (χ4n) is 1.98. The highest BCUT2D eigenvalue weighted by Crippen LogP contribution is 2.25. The van der Waals surface area contributed by atoms with Gasteiger partial charge in [-0.15, -0.1) is 0 Å². The van der Waals surface area contributed by atoms with Gasteiger partial charge in [0.2, 0.25) is 0 Å². The lowest BCUT2D eigenvalue weighted by Gasteiger charge is -2.11. The quantitative estimate of drug-likeness (QED) is 0.737. The second-order valence-electron chi connectivity index (χ2n) is 5.03. The molecule has 0 saturated carbocycles. The Hall–Kier alpha value is -1.34. The molecule has 0 spiro atoms. The predicted molar refractivity (Wildman–Crippen MR) is 96.7 cm³/mol. The Morgan fingerprint density at radius 1 is 1.23 bits per heavy atom. The molecule has 2 rings (SSSR count). The van der Waals surface area contributed by atoms with Crippen molar-refractivity contribution in [3.63, 3.8) is 0 Å². The molecule has 0 bridgehead atoms. The first-order valence-corrected chi connectivity index (χ1v) is 8.14. The zero-order valence-electron chi connectivity index (χ0n) is 12.5. The number of hydrogen-bond acceptors (Lipinski definition) is 3. The zero-order chi connectivity index (χ0) is 16.3. The van der Waals surface area contributed by atoms with Gasteiger partial charge in [-0.2, -0.15) is 0 Å². The smallest absolute Gasteiger partial charge is 0.263 e. The number of halogens is 2. The monoisotopic (exact) mass is 430 g/mol. The van der Waals surface area contributed by atoms with Gasteiger partial charge in [-0.1, -0.05) is 11.6 Å². The third-order valence-electron chi connectivity index (χ3n) is 3.08. The first-order chi connectivity index (χ1) is 10.4. The molecule has 0 fully saturated rings. The van der Waals surface area contributed by atoms with E-state index in [1.165, 1.54) is 0 Å². The van der Waals surface area contributed by atoms with E-state index in [9.17, 15) is 4.79 Å². The lowest BCUT2D eigenvalue weighted by molar-refractivity contribution is -0.118. The summed E-state index contributed by atoms with van der Waals surface area (Å²) in [5.41, 5.74) is 2.76. The number of pyridine rings is 1. The molecule has 0 aliphatic carbocycles. The van der Waals surface area contributed by atoms with Crippen molar-refractivity contribution < 1.29 is 9.53 Å². The number of benzene rings is 1. The lowest BCUT2D eigenvalue weighted by atomic mass is 10.1. The Morgan fingerprint density at radius 3 is 2.45 bits per heavy atom. The summed E-state index contributed by atoms with van der Waals surface area (Å²) in [4.78, 5) is 16.2. The van der Waals surface area contributed by atoms with Crippen LogP contribution in [-0.2, 0) is 4.79 Å². The van der Waals surface area contributed by atoms with E-state index < -0.39 is 0 Å². The molecule has 0 saturated heterocycles. The zero-order valence-corrected chi connectivity index (χ0v) is 15.4. The minimum atomic E-state index is -0.248. The highest BCUT2D eigenvalue weighted by molar-refractivity contribution is 14.1. The van der Waals surface area contributed by atoms with E-state index in [4.69, 9.17) is 16.3 Å². The van der Waals surface area contributed by atoms with Crippen molar-refractivity contribution in [2.24, 2.45) is 0 Å². The fourth-order valence-corrected chi connectivity index (χ4v) is 2.69. The number of hydrogen-bond donors (Lipinski definition) is 1. The van der Waals surface area contributed by atoms with Crippen LogP contribution in [0.15, 0.2) is 24.4 Å². The van der Waals surface area contributed by atoms with Gasteiger partial charge in [0.05, 0.1) is 0 Å². The molecule has 0 aliphatic rings. The second kappa shape index (κ2) is 7.28. The van der Waals surface area contributed by atoms with E-state index in [1.807, 2.05) is 39.0 Å². The molecule has 4 nitrogen and oxygen atoms in total. The first kappa shape index (κ1) is 17.0. The van der Waals surface area contributed by atoms with E-state index in [2.05, 4.69) is 32.9 Å². The molecule has 0 aliphatic heterocycles. The van der Waals surface area contributed by atoms with Gasteiger partial charge in [0.15, 0.2) is 6.61 Å². The number of aromatic nitrogens is 1. The summed E-state index contributed by atoms with van der Waals surface area (Å²) in [5, 5.41) is 3.46. The second-order valence-corrected chi connectivity index (χ2v) is 6.65. The maximum absolute atomic E-state index is 12.0. The van der Waals surface area contributed by atoms with Gasteiger partial charge in [-0.3, -0.25) is 4.79 Å². The van der Waals surface area contributed by atoms with Crippen molar-refractivity contribution in [3.05, 3.63) is 49.7 Å². The number of nitrogens with zero attached hydrogens (tertiary/aromatic N) is 1. The summed E-state index contributed by atoms with van der Waals surface area (Å²) < 4.78 is 6.54. The SMILES string of the molecule is Cc1cc(I)cnc1NC(=O)COc1cc(C)c(Cl)c(C)c1. The molecule has 2 aromatic rings. The number of aryl methyl sites for hydroxylation is 3. The molecular weight excluding hydrogens is 415 g/mol. The summed E-state index contributed by atoms with van der Waals surface area (Å²) in [5.74, 6) is 0.932. The van der Waals surface area contributed by atoms with Gasteiger partial charge in [0.1, 0.15) is 11.6 Å². The van der Waals surface area contributed by atoms with E-state index >= 15 is 0 Å². The largest absolute Gasteiger partial charge is 0.484 e. The van der Waals surface area contributed by atoms with Crippen LogP contribution in [0, 0.1) is 24.3 Å². The van der Waals surface area contributed by atoms with Crippen LogP contribution in [0.4, 0.5) is 5.82 Å². The van der Waals surface area contributed by atoms with E-state index in [-0.39, 0.29) is 12.5 Å². The number of carbonyl (C=O) groups is 1. The van der Waals surface area contributed by atoms with Gasteiger partial charge < -0.3 is 10.1 Å². The Balaban J connectivity index is 1.98. The molecule has 1 aromatic heterocycles. The Labute approximate surface area is 148 Å². The maximum Gasteiger partial charge on any atom is 0.263 e. The van der Waals surface area contributed by atoms with Crippen LogP contribution in [0.1, 0.15) is 16.7 Å². The maximum atomic E-state index is 12.0. The first-order valence-electron chi connectivity index (χ1n) is 6.68. The van der Waals surface area contributed by atoms with Crippen molar-refractivity contribution in [2.45, 2.75) is 20.8 Å². The van der Waals surface area contributed by atoms with E-state index in [0.29, 0.717) is 11.6 Å². The molecule has 116 valence electrons. The topological polar surface area (TPSA) is 51.2 Å². The van der Waals surface area contributed by atoms with Crippen LogP contribution in [0.2, 0.25) is 5.02 Å². The van der Waals surface area contributed by atoms with E-state index in [1.54, 1.807) is 6.20 Å². The Bertz CT molecular complexity index is 696. The summed E-state index contributed by atoms with van der Waals surface area (Å²) in [6.07, 6.45) is 1.70. The summed E-state index contributed by atoms with van der Waals surface area (Å²) in [7, 11) is 0. The number of carbonyl (C=O) groups excluding carboxylic acids is 1. The van der Waals surface area contributed by atoms with Gasteiger partial charge in [-0.25, -0.2) is 4.98 Å². The Kier molecular flexibility index (Phi) is 5.63. The van der Waals surface area contributed by atoms with Crippen molar-refractivity contribution >= 4 is 45.9 Å². The lowest BCUT2D eigenvalue weighted by Crippen LogP contribution is -2.21. The van der Waals surface area contributed by atoms with Gasteiger partial charge in [0.25, 0.3) is 5.91 Å². The third-order valence-corrected chi connectivity index (χ3v) is 4.27. The summed E-state index contributed by atoms with van der Waals surface area (Å²) >= 11 is 8.28. The molecule has 22 heavy (non-hydrogen) atoms. The molecule has 1 heterocycles. The summed E-state index contributed by atoms with van der Waals surface area (Å²) in [6.45, 7) is 5.63. The number of amides is 1. The van der Waals surface area contributed by atoms with Crippen LogP contribution < -0.4 is 10.1 Å². The highest BCUT2D eigenvalue weighted by Gasteiger charge is 2.09. The minimum absolute atomic E-state index is 0.0758. The molecule has 0 unspecified atom stereocenters. The number of rotatable bonds is 4. The van der Waals surface area contributed by atoms with Crippen LogP contribution in [-0.4, -0.2) is 17.5 Å². The predicted octanol–water partition coefficient (Wildman–Crippen LogP) is 4.28. The number of ether oxygens (including phenoxy) is 1. The summed E-state index contributed by atoms with van der Waals surface area (Å²) in [6, 6.07) is 5.59. The molecule has 1 amide bonds. The molecule has 1 N–H and O–H groups in total. The average Bonchev–Trinajstić information content (AvgIpc) is 2.45. The molecule has 0 radical (unpaired) electrons. The van der Waals surface area contributed by atoms with Crippen LogP contribution in [0.25, 0.3) is 0 Å². The van der Waals surface area contributed by atoms with Crippen molar-refractivity contribution in [3.8, 4) is 5.75 Å². The van der Waals surface area contributed by atoms with Crippen LogP contribution >= 0.6 is 34.2 Å². The van der Waals surface area contributed by atoms with Crippen molar-refractivity contribution in [1.82, 2.24) is 4.98 Å². The highest BCUT2D eigenvalue weighted by atomic mass is 127. The van der Waals surface area contributed by atoms with Gasteiger partial charge >= 0.3 is 0 Å². The van der Waals surface area contributed by atoms with Crippen molar-refractivity contribution in [1.29, 1.82) is 0 Å². The number of anilines is 1. The van der Waals surface area contributed by atoms with Gasteiger partial charge in [0, 0.05) is 14.8 Å². The molecular formula is C16H16ClIN2O2. The molecule has 6 heteroatoms. The fraction of sp³-hybridized carbons (Fsp3) is 0.250.